The summed E-state index contributed by atoms with van der Waals surface area (Å²) in [6.45, 7) is 0. The second kappa shape index (κ2) is 6.96. The highest BCUT2D eigenvalue weighted by atomic mass is 16.1. The van der Waals surface area contributed by atoms with E-state index in [1.807, 2.05) is 43.4 Å². The highest BCUT2D eigenvalue weighted by molar-refractivity contribution is 6.02. The molecule has 2 aromatic carbocycles. The molecule has 0 aliphatic heterocycles. The lowest BCUT2D eigenvalue weighted by Crippen LogP contribution is -2.24. The summed E-state index contributed by atoms with van der Waals surface area (Å²) in [4.78, 5) is 14.4. The van der Waals surface area contributed by atoms with Crippen LogP contribution in [0, 0.1) is 0 Å². The summed E-state index contributed by atoms with van der Waals surface area (Å²) < 4.78 is 0. The molecule has 0 spiro atoms. The Morgan fingerprint density at radius 3 is 2.54 bits per heavy atom. The van der Waals surface area contributed by atoms with Crippen LogP contribution in [0.3, 0.4) is 0 Å². The van der Waals surface area contributed by atoms with E-state index in [1.54, 1.807) is 6.07 Å². The van der Waals surface area contributed by atoms with Crippen molar-refractivity contribution >= 4 is 17.4 Å². The van der Waals surface area contributed by atoms with Crippen molar-refractivity contribution in [3.05, 3.63) is 83.6 Å². The highest BCUT2D eigenvalue weighted by Gasteiger charge is 2.26. The smallest absolute Gasteiger partial charge is 0.276 e. The number of aromatic nitrogens is 2. The Morgan fingerprint density at radius 1 is 1.00 bits per heavy atom. The molecule has 0 saturated heterocycles. The van der Waals surface area contributed by atoms with E-state index in [-0.39, 0.29) is 5.91 Å². The molecule has 5 heteroatoms. The molecule has 5 nitrogen and oxygen atoms in total. The van der Waals surface area contributed by atoms with Gasteiger partial charge in [-0.15, -0.1) is 10.2 Å². The first-order chi connectivity index (χ1) is 12.7. The van der Waals surface area contributed by atoms with Crippen molar-refractivity contribution in [3.63, 3.8) is 0 Å². The number of nitrogens with zero attached hydrogens (tertiary/aromatic N) is 3. The molecule has 0 saturated carbocycles. The summed E-state index contributed by atoms with van der Waals surface area (Å²) in [5.41, 5.74) is 3.79. The third-order valence-corrected chi connectivity index (χ3v) is 4.84. The van der Waals surface area contributed by atoms with Crippen molar-refractivity contribution in [2.45, 2.75) is 18.9 Å². The third kappa shape index (κ3) is 3.16. The lowest BCUT2D eigenvalue weighted by atomic mass is 10.1. The maximum Gasteiger partial charge on any atom is 0.276 e. The average Bonchev–Trinajstić information content (AvgIpc) is 3.12. The van der Waals surface area contributed by atoms with Crippen molar-refractivity contribution in [3.8, 4) is 0 Å². The second-order valence-corrected chi connectivity index (χ2v) is 6.46. The SMILES string of the molecule is CN(c1ccc(C(=O)Nc2ccccc2)nn1)C1CCc2ccccc21. The Bertz CT molecular complexity index is 909. The fraction of sp³-hybridized carbons (Fsp3) is 0.190. The summed E-state index contributed by atoms with van der Waals surface area (Å²) in [5.74, 6) is 0.507. The zero-order valence-electron chi connectivity index (χ0n) is 14.6. The van der Waals surface area contributed by atoms with E-state index in [0.717, 1.165) is 24.3 Å². The first-order valence-electron chi connectivity index (χ1n) is 8.73. The van der Waals surface area contributed by atoms with Gasteiger partial charge in [-0.05, 0) is 48.2 Å². The number of hydrogen-bond acceptors (Lipinski definition) is 4. The molecule has 130 valence electrons. The number of carbonyl (C=O) groups excluding carboxylic acids is 1. The Morgan fingerprint density at radius 2 is 1.77 bits per heavy atom. The number of hydrogen-bond donors (Lipinski definition) is 1. The van der Waals surface area contributed by atoms with Crippen LogP contribution in [0.25, 0.3) is 0 Å². The van der Waals surface area contributed by atoms with Gasteiger partial charge in [0.2, 0.25) is 0 Å². The standard InChI is InChI=1S/C21H20N4O/c1-25(19-13-11-15-7-5-6-10-17(15)19)20-14-12-18(23-24-20)21(26)22-16-8-3-2-4-9-16/h2-10,12,14,19H,11,13H2,1H3,(H,22,26). The largest absolute Gasteiger partial charge is 0.351 e. The van der Waals surface area contributed by atoms with Gasteiger partial charge in [0.05, 0.1) is 6.04 Å². The van der Waals surface area contributed by atoms with Crippen LogP contribution < -0.4 is 10.2 Å². The molecular weight excluding hydrogens is 324 g/mol. The number of fused-ring (bicyclic) bond motifs is 1. The fourth-order valence-electron chi connectivity index (χ4n) is 3.45. The Hall–Kier alpha value is -3.21. The van der Waals surface area contributed by atoms with Gasteiger partial charge in [0.1, 0.15) is 0 Å². The maximum atomic E-state index is 12.3. The number of anilines is 2. The van der Waals surface area contributed by atoms with E-state index >= 15 is 0 Å². The summed E-state index contributed by atoms with van der Waals surface area (Å²) >= 11 is 0. The third-order valence-electron chi connectivity index (χ3n) is 4.84. The molecule has 1 atom stereocenters. The first kappa shape index (κ1) is 16.3. The molecule has 0 fully saturated rings. The van der Waals surface area contributed by atoms with E-state index in [4.69, 9.17) is 0 Å². The van der Waals surface area contributed by atoms with Crippen LogP contribution in [0.2, 0.25) is 0 Å². The molecule has 1 aliphatic carbocycles. The van der Waals surface area contributed by atoms with Gasteiger partial charge in [-0.3, -0.25) is 4.79 Å². The van der Waals surface area contributed by atoms with Gasteiger partial charge in [-0.25, -0.2) is 0 Å². The van der Waals surface area contributed by atoms with E-state index in [0.29, 0.717) is 11.7 Å². The molecular formula is C21H20N4O. The van der Waals surface area contributed by atoms with Gasteiger partial charge >= 0.3 is 0 Å². The quantitative estimate of drug-likeness (QED) is 0.781. The lowest BCUT2D eigenvalue weighted by molar-refractivity contribution is 0.102. The Kier molecular flexibility index (Phi) is 4.35. The Balaban J connectivity index is 1.48. The van der Waals surface area contributed by atoms with Crippen LogP contribution in [0.15, 0.2) is 66.7 Å². The monoisotopic (exact) mass is 344 g/mol. The topological polar surface area (TPSA) is 58.1 Å². The predicted octanol–water partition coefficient (Wildman–Crippen LogP) is 3.85. The number of carbonyl (C=O) groups is 1. The minimum atomic E-state index is -0.260. The van der Waals surface area contributed by atoms with Gasteiger partial charge in [-0.1, -0.05) is 42.5 Å². The molecule has 1 aromatic heterocycles. The number of para-hydroxylation sites is 1. The Labute approximate surface area is 152 Å². The highest BCUT2D eigenvalue weighted by Crippen LogP contribution is 2.36. The predicted molar refractivity (Wildman–Crippen MR) is 102 cm³/mol. The molecule has 3 aromatic rings. The van der Waals surface area contributed by atoms with Crippen molar-refractivity contribution in [1.82, 2.24) is 10.2 Å². The molecule has 1 amide bonds. The number of amides is 1. The van der Waals surface area contributed by atoms with E-state index in [9.17, 15) is 4.79 Å². The number of rotatable bonds is 4. The van der Waals surface area contributed by atoms with E-state index < -0.39 is 0 Å². The number of aryl methyl sites for hydroxylation is 1. The molecule has 1 heterocycles. The van der Waals surface area contributed by atoms with Gasteiger partial charge in [0.25, 0.3) is 5.91 Å². The molecule has 1 unspecified atom stereocenters. The van der Waals surface area contributed by atoms with Crippen molar-refractivity contribution in [1.29, 1.82) is 0 Å². The minimum Gasteiger partial charge on any atom is -0.351 e. The molecule has 1 N–H and O–H groups in total. The van der Waals surface area contributed by atoms with Crippen LogP contribution >= 0.6 is 0 Å². The molecule has 0 radical (unpaired) electrons. The normalized spacial score (nSPS) is 15.3. The molecule has 26 heavy (non-hydrogen) atoms. The summed E-state index contributed by atoms with van der Waals surface area (Å²) in [6, 6.07) is 21.7. The fourth-order valence-corrected chi connectivity index (χ4v) is 3.45. The number of benzene rings is 2. The average molecular weight is 344 g/mol. The van der Waals surface area contributed by atoms with Crippen LogP contribution in [-0.2, 0) is 6.42 Å². The first-order valence-corrected chi connectivity index (χ1v) is 8.73. The van der Waals surface area contributed by atoms with Gasteiger partial charge < -0.3 is 10.2 Å². The van der Waals surface area contributed by atoms with Gasteiger partial charge in [-0.2, -0.15) is 0 Å². The summed E-state index contributed by atoms with van der Waals surface area (Å²) in [5, 5.41) is 11.2. The summed E-state index contributed by atoms with van der Waals surface area (Å²) in [7, 11) is 2.03. The van der Waals surface area contributed by atoms with Crippen LogP contribution in [0.1, 0.15) is 34.1 Å². The maximum absolute atomic E-state index is 12.3. The van der Waals surface area contributed by atoms with Crippen LogP contribution in [-0.4, -0.2) is 23.2 Å². The molecule has 4 rings (SSSR count). The van der Waals surface area contributed by atoms with Crippen molar-refractivity contribution in [2.24, 2.45) is 0 Å². The van der Waals surface area contributed by atoms with Crippen LogP contribution in [0.5, 0.6) is 0 Å². The molecule has 1 aliphatic rings. The van der Waals surface area contributed by atoms with E-state index in [1.165, 1.54) is 11.1 Å². The van der Waals surface area contributed by atoms with Gasteiger partial charge in [0.15, 0.2) is 11.5 Å². The zero-order valence-corrected chi connectivity index (χ0v) is 14.6. The second-order valence-electron chi connectivity index (χ2n) is 6.46. The lowest BCUT2D eigenvalue weighted by Gasteiger charge is -2.26. The number of nitrogens with one attached hydrogen (secondary N) is 1. The minimum absolute atomic E-state index is 0.260. The van der Waals surface area contributed by atoms with Crippen molar-refractivity contribution in [2.75, 3.05) is 17.3 Å². The summed E-state index contributed by atoms with van der Waals surface area (Å²) in [6.07, 6.45) is 2.14. The van der Waals surface area contributed by atoms with Crippen LogP contribution in [0.4, 0.5) is 11.5 Å². The zero-order chi connectivity index (χ0) is 17.9. The molecule has 0 bridgehead atoms. The van der Waals surface area contributed by atoms with E-state index in [2.05, 4.69) is 44.7 Å². The van der Waals surface area contributed by atoms with Crippen molar-refractivity contribution < 1.29 is 4.79 Å². The van der Waals surface area contributed by atoms with Gasteiger partial charge in [0, 0.05) is 12.7 Å².